The molecule has 28 heavy (non-hydrogen) atoms. The van der Waals surface area contributed by atoms with Crippen LogP contribution in [0.4, 0.5) is 0 Å². The molecule has 1 atom stereocenters. The molecule has 0 fully saturated rings. The number of benzene rings is 2. The van der Waals surface area contributed by atoms with Gasteiger partial charge in [-0.2, -0.15) is 0 Å². The van der Waals surface area contributed by atoms with Gasteiger partial charge in [0.2, 0.25) is 10.0 Å². The lowest BCUT2D eigenvalue weighted by molar-refractivity contribution is 0.0941. The smallest absolute Gasteiger partial charge is 0.251 e. The number of hydrogen-bond donors (Lipinski definition) is 2. The van der Waals surface area contributed by atoms with E-state index in [2.05, 4.69) is 33.7 Å². The van der Waals surface area contributed by atoms with Crippen molar-refractivity contribution in [3.05, 3.63) is 78.4 Å². The van der Waals surface area contributed by atoms with Crippen molar-refractivity contribution >= 4 is 15.9 Å². The van der Waals surface area contributed by atoms with Gasteiger partial charge in [0, 0.05) is 24.7 Å². The van der Waals surface area contributed by atoms with Crippen LogP contribution in [0.25, 0.3) is 0 Å². The van der Waals surface area contributed by atoms with E-state index in [-0.39, 0.29) is 23.4 Å². The zero-order chi connectivity index (χ0) is 20.6. The highest BCUT2D eigenvalue weighted by Gasteiger charge is 2.17. The van der Waals surface area contributed by atoms with Crippen LogP contribution >= 0.6 is 0 Å². The standard InChI is InChI=1S/C21H27N3O3S/c1-4-13-23-28(26,27)20-12-8-11-18(15-20)21(25)22-16-19(24(2)3)14-17-9-6-5-7-10-17/h4-12,15,19,23H,1,13-14,16H2,2-3H3,(H,22,25). The zero-order valence-electron chi connectivity index (χ0n) is 16.3. The van der Waals surface area contributed by atoms with E-state index in [9.17, 15) is 13.2 Å². The van der Waals surface area contributed by atoms with Gasteiger partial charge in [0.05, 0.1) is 4.90 Å². The molecule has 0 spiro atoms. The fourth-order valence-corrected chi connectivity index (χ4v) is 3.74. The summed E-state index contributed by atoms with van der Waals surface area (Å²) in [6.45, 7) is 4.07. The Morgan fingerprint density at radius 1 is 1.14 bits per heavy atom. The Kier molecular flexibility index (Phi) is 7.92. The fraction of sp³-hybridized carbons (Fsp3) is 0.286. The lowest BCUT2D eigenvalue weighted by Crippen LogP contribution is -2.41. The molecule has 0 aromatic heterocycles. The molecule has 2 N–H and O–H groups in total. The number of sulfonamides is 1. The molecule has 1 amide bonds. The average molecular weight is 402 g/mol. The minimum Gasteiger partial charge on any atom is -0.350 e. The molecule has 0 heterocycles. The molecule has 6 nitrogen and oxygen atoms in total. The van der Waals surface area contributed by atoms with Crippen molar-refractivity contribution in [1.29, 1.82) is 0 Å². The minimum absolute atomic E-state index is 0.0513. The highest BCUT2D eigenvalue weighted by atomic mass is 32.2. The summed E-state index contributed by atoms with van der Waals surface area (Å²) in [4.78, 5) is 14.7. The van der Waals surface area contributed by atoms with E-state index >= 15 is 0 Å². The van der Waals surface area contributed by atoms with Gasteiger partial charge in [-0.25, -0.2) is 13.1 Å². The predicted octanol–water partition coefficient (Wildman–Crippen LogP) is 2.05. The highest BCUT2D eigenvalue weighted by molar-refractivity contribution is 7.89. The van der Waals surface area contributed by atoms with E-state index in [0.717, 1.165) is 6.42 Å². The van der Waals surface area contributed by atoms with Crippen LogP contribution in [-0.4, -0.2) is 52.5 Å². The van der Waals surface area contributed by atoms with E-state index in [1.54, 1.807) is 12.1 Å². The number of likely N-dealkylation sites (N-methyl/N-ethyl adjacent to an activating group) is 1. The molecule has 0 bridgehead atoms. The number of carbonyl (C=O) groups excluding carboxylic acids is 1. The lowest BCUT2D eigenvalue weighted by atomic mass is 10.1. The Morgan fingerprint density at radius 3 is 2.50 bits per heavy atom. The third-order valence-electron chi connectivity index (χ3n) is 4.37. The zero-order valence-corrected chi connectivity index (χ0v) is 17.1. The summed E-state index contributed by atoms with van der Waals surface area (Å²) in [6, 6.07) is 16.2. The van der Waals surface area contributed by atoms with Crippen molar-refractivity contribution in [2.45, 2.75) is 17.4 Å². The lowest BCUT2D eigenvalue weighted by Gasteiger charge is -2.25. The molecule has 2 aromatic carbocycles. The molecule has 0 saturated heterocycles. The monoisotopic (exact) mass is 401 g/mol. The molecule has 0 aliphatic rings. The second-order valence-electron chi connectivity index (χ2n) is 6.69. The van der Waals surface area contributed by atoms with Crippen LogP contribution in [0.1, 0.15) is 15.9 Å². The summed E-state index contributed by atoms with van der Waals surface area (Å²) >= 11 is 0. The Labute approximate surface area is 167 Å². The molecule has 0 saturated carbocycles. The van der Waals surface area contributed by atoms with Gasteiger partial charge in [-0.3, -0.25) is 4.79 Å². The van der Waals surface area contributed by atoms with Crippen LogP contribution in [0.5, 0.6) is 0 Å². The van der Waals surface area contributed by atoms with Crippen molar-refractivity contribution < 1.29 is 13.2 Å². The first kappa shape index (κ1) is 21.8. The van der Waals surface area contributed by atoms with Gasteiger partial charge in [-0.1, -0.05) is 42.5 Å². The van der Waals surface area contributed by atoms with Crippen molar-refractivity contribution in [2.75, 3.05) is 27.2 Å². The van der Waals surface area contributed by atoms with Crippen molar-refractivity contribution in [3.8, 4) is 0 Å². The number of nitrogens with one attached hydrogen (secondary N) is 2. The van der Waals surface area contributed by atoms with Crippen LogP contribution in [0.3, 0.4) is 0 Å². The van der Waals surface area contributed by atoms with Crippen LogP contribution in [0.15, 0.2) is 72.1 Å². The summed E-state index contributed by atoms with van der Waals surface area (Å²) in [5, 5.41) is 2.91. The summed E-state index contributed by atoms with van der Waals surface area (Å²) in [6.07, 6.45) is 2.26. The topological polar surface area (TPSA) is 78.5 Å². The van der Waals surface area contributed by atoms with Gasteiger partial charge in [-0.15, -0.1) is 6.58 Å². The van der Waals surface area contributed by atoms with E-state index in [1.165, 1.54) is 23.8 Å². The molecular weight excluding hydrogens is 374 g/mol. The number of carbonyl (C=O) groups is 1. The first-order chi connectivity index (χ1) is 13.3. The second-order valence-corrected chi connectivity index (χ2v) is 8.45. The molecule has 150 valence electrons. The van der Waals surface area contributed by atoms with Gasteiger partial charge >= 0.3 is 0 Å². The quantitative estimate of drug-likeness (QED) is 0.598. The number of hydrogen-bond acceptors (Lipinski definition) is 4. The van der Waals surface area contributed by atoms with Gasteiger partial charge in [0.1, 0.15) is 0 Å². The maximum atomic E-state index is 12.6. The Balaban J connectivity index is 2.05. The third kappa shape index (κ3) is 6.30. The van der Waals surface area contributed by atoms with Gasteiger partial charge < -0.3 is 10.2 Å². The summed E-state index contributed by atoms with van der Waals surface area (Å²) < 4.78 is 26.9. The van der Waals surface area contributed by atoms with Crippen molar-refractivity contribution in [3.63, 3.8) is 0 Å². The number of rotatable bonds is 10. The van der Waals surface area contributed by atoms with Crippen LogP contribution in [0, 0.1) is 0 Å². The number of nitrogens with zero attached hydrogens (tertiary/aromatic N) is 1. The molecule has 2 rings (SSSR count). The summed E-state index contributed by atoms with van der Waals surface area (Å²) in [5.74, 6) is -0.305. The Morgan fingerprint density at radius 2 is 1.86 bits per heavy atom. The maximum Gasteiger partial charge on any atom is 0.251 e. The van der Waals surface area contributed by atoms with Crippen LogP contribution in [0.2, 0.25) is 0 Å². The molecule has 7 heteroatoms. The molecule has 1 unspecified atom stereocenters. The Bertz CT molecular complexity index is 896. The first-order valence-corrected chi connectivity index (χ1v) is 10.5. The van der Waals surface area contributed by atoms with E-state index in [0.29, 0.717) is 12.1 Å². The first-order valence-electron chi connectivity index (χ1n) is 9.02. The van der Waals surface area contributed by atoms with Gasteiger partial charge in [0.15, 0.2) is 0 Å². The minimum atomic E-state index is -3.67. The Hall–Kier alpha value is -2.48. The van der Waals surface area contributed by atoms with Crippen molar-refractivity contribution in [2.24, 2.45) is 0 Å². The van der Waals surface area contributed by atoms with Gasteiger partial charge in [0.25, 0.3) is 5.91 Å². The average Bonchev–Trinajstić information content (AvgIpc) is 2.70. The number of amides is 1. The van der Waals surface area contributed by atoms with Crippen LogP contribution < -0.4 is 10.0 Å². The predicted molar refractivity (Wildman–Crippen MR) is 112 cm³/mol. The summed E-state index contributed by atoms with van der Waals surface area (Å²) in [5.41, 5.74) is 1.50. The molecule has 2 aromatic rings. The molecule has 0 aliphatic carbocycles. The summed E-state index contributed by atoms with van der Waals surface area (Å²) in [7, 11) is 0.268. The van der Waals surface area contributed by atoms with E-state index in [1.807, 2.05) is 32.3 Å². The molecular formula is C21H27N3O3S. The fourth-order valence-electron chi connectivity index (χ4n) is 2.69. The SMILES string of the molecule is C=CCNS(=O)(=O)c1cccc(C(=O)NCC(Cc2ccccc2)N(C)C)c1. The third-order valence-corrected chi connectivity index (χ3v) is 5.79. The maximum absolute atomic E-state index is 12.6. The normalized spacial score (nSPS) is 12.5. The highest BCUT2D eigenvalue weighted by Crippen LogP contribution is 2.12. The van der Waals surface area contributed by atoms with Gasteiger partial charge in [-0.05, 0) is 44.3 Å². The van der Waals surface area contributed by atoms with E-state index in [4.69, 9.17) is 0 Å². The van der Waals surface area contributed by atoms with E-state index < -0.39 is 10.0 Å². The molecule has 0 radical (unpaired) electrons. The largest absolute Gasteiger partial charge is 0.350 e. The van der Waals surface area contributed by atoms with Crippen molar-refractivity contribution in [1.82, 2.24) is 14.9 Å². The molecule has 0 aliphatic heterocycles. The van der Waals surface area contributed by atoms with Crippen LogP contribution in [-0.2, 0) is 16.4 Å². The second kappa shape index (κ2) is 10.2.